The summed E-state index contributed by atoms with van der Waals surface area (Å²) in [6.07, 6.45) is 0. The Morgan fingerprint density at radius 2 is 2.13 bits per heavy atom. The number of hydrogen-bond acceptors (Lipinski definition) is 5. The van der Waals surface area contributed by atoms with Gasteiger partial charge in [0, 0.05) is 6.92 Å². The summed E-state index contributed by atoms with van der Waals surface area (Å²) in [5.41, 5.74) is 5.85. The van der Waals surface area contributed by atoms with E-state index in [2.05, 4.69) is 15.0 Å². The van der Waals surface area contributed by atoms with Crippen molar-refractivity contribution < 1.29 is 4.74 Å². The largest absolute Gasteiger partial charge is 0.481 e. The molecule has 1 rings (SSSR count). The Labute approximate surface area is 97.3 Å². The van der Waals surface area contributed by atoms with Gasteiger partial charge in [-0.05, 0) is 18.5 Å². The zero-order chi connectivity index (χ0) is 11.4. The molecule has 0 aliphatic heterocycles. The highest BCUT2D eigenvalue weighted by Crippen LogP contribution is 2.29. The highest BCUT2D eigenvalue weighted by Gasteiger charge is 2.09. The predicted octanol–water partition coefficient (Wildman–Crippen LogP) is 2.45. The number of aliphatic imine (C=N–C) groups is 1. The summed E-state index contributed by atoms with van der Waals surface area (Å²) in [5.74, 6) is 0.566. The van der Waals surface area contributed by atoms with Crippen molar-refractivity contribution in [1.29, 1.82) is 0 Å². The van der Waals surface area contributed by atoms with Gasteiger partial charge in [-0.3, -0.25) is 0 Å². The molecule has 1 aromatic rings. The van der Waals surface area contributed by atoms with Crippen LogP contribution in [-0.2, 0) is 4.74 Å². The van der Waals surface area contributed by atoms with Crippen molar-refractivity contribution >= 4 is 40.6 Å². The molecule has 0 bridgehead atoms. The summed E-state index contributed by atoms with van der Waals surface area (Å²) in [5, 5.41) is 0.0945. The number of halogens is 2. The average Bonchev–Trinajstić information content (AvgIpc) is 2.11. The number of rotatable bonds is 2. The van der Waals surface area contributed by atoms with Gasteiger partial charge < -0.3 is 10.5 Å². The SMILES string of the molecule is CCO/C(C)=N/c1c(N)nc(Cl)nc1Cl. The van der Waals surface area contributed by atoms with Crippen molar-refractivity contribution in [2.45, 2.75) is 13.8 Å². The monoisotopic (exact) mass is 248 g/mol. The van der Waals surface area contributed by atoms with E-state index >= 15 is 0 Å². The molecule has 0 unspecified atom stereocenters. The Morgan fingerprint density at radius 1 is 1.47 bits per heavy atom. The van der Waals surface area contributed by atoms with Crippen LogP contribution in [0.1, 0.15) is 13.8 Å². The number of hydrogen-bond donors (Lipinski definition) is 1. The van der Waals surface area contributed by atoms with Crippen LogP contribution in [0.4, 0.5) is 11.5 Å². The van der Waals surface area contributed by atoms with Gasteiger partial charge in [-0.2, -0.15) is 4.98 Å². The summed E-state index contributed by atoms with van der Waals surface area (Å²) in [7, 11) is 0. The molecule has 82 valence electrons. The van der Waals surface area contributed by atoms with E-state index in [9.17, 15) is 0 Å². The number of nitrogen functional groups attached to an aromatic ring is 1. The van der Waals surface area contributed by atoms with Gasteiger partial charge in [0.15, 0.2) is 16.9 Å². The maximum absolute atomic E-state index is 5.80. The van der Waals surface area contributed by atoms with Crippen LogP contribution < -0.4 is 5.73 Å². The number of nitrogens with two attached hydrogens (primary N) is 1. The van der Waals surface area contributed by atoms with Gasteiger partial charge in [0.05, 0.1) is 6.61 Å². The van der Waals surface area contributed by atoms with Crippen LogP contribution in [0.3, 0.4) is 0 Å². The third-order valence-electron chi connectivity index (χ3n) is 1.46. The first-order valence-electron chi connectivity index (χ1n) is 4.21. The lowest BCUT2D eigenvalue weighted by molar-refractivity contribution is 0.325. The normalized spacial score (nSPS) is 11.6. The van der Waals surface area contributed by atoms with E-state index in [-0.39, 0.29) is 21.9 Å². The molecule has 15 heavy (non-hydrogen) atoms. The van der Waals surface area contributed by atoms with E-state index in [1.54, 1.807) is 6.92 Å². The van der Waals surface area contributed by atoms with Gasteiger partial charge in [0.2, 0.25) is 5.28 Å². The zero-order valence-corrected chi connectivity index (χ0v) is 9.80. The summed E-state index contributed by atoms with van der Waals surface area (Å²) in [6, 6.07) is 0. The summed E-state index contributed by atoms with van der Waals surface area (Å²) in [4.78, 5) is 11.5. The van der Waals surface area contributed by atoms with Crippen molar-refractivity contribution in [1.82, 2.24) is 9.97 Å². The standard InChI is InChI=1S/C8H10Cl2N4O/c1-3-15-4(2)12-5-6(9)13-8(10)14-7(5)11/h3H2,1-2H3,(H2,11,13,14)/b12-4+. The van der Waals surface area contributed by atoms with Crippen molar-refractivity contribution in [3.8, 4) is 0 Å². The Balaban J connectivity index is 3.09. The molecule has 0 aliphatic carbocycles. The van der Waals surface area contributed by atoms with E-state index in [0.717, 1.165) is 0 Å². The third-order valence-corrected chi connectivity index (χ3v) is 1.90. The van der Waals surface area contributed by atoms with Crippen molar-refractivity contribution in [2.24, 2.45) is 4.99 Å². The van der Waals surface area contributed by atoms with Gasteiger partial charge in [-0.15, -0.1) is 0 Å². The van der Waals surface area contributed by atoms with Crippen LogP contribution in [0.2, 0.25) is 10.4 Å². The Bertz CT molecular complexity index is 371. The first-order chi connectivity index (χ1) is 7.04. The minimum atomic E-state index is -0.00878. The minimum absolute atomic E-state index is 0.00878. The van der Waals surface area contributed by atoms with E-state index in [1.165, 1.54) is 0 Å². The van der Waals surface area contributed by atoms with Crippen molar-refractivity contribution in [2.75, 3.05) is 12.3 Å². The molecule has 0 aliphatic rings. The second-order valence-corrected chi connectivity index (χ2v) is 3.28. The Morgan fingerprint density at radius 3 is 2.67 bits per heavy atom. The van der Waals surface area contributed by atoms with Gasteiger partial charge in [-0.1, -0.05) is 11.6 Å². The molecule has 0 saturated heterocycles. The van der Waals surface area contributed by atoms with Crippen molar-refractivity contribution in [3.63, 3.8) is 0 Å². The zero-order valence-electron chi connectivity index (χ0n) is 8.29. The molecule has 0 saturated carbocycles. The lowest BCUT2D eigenvalue weighted by atomic mass is 10.5. The molecule has 0 spiro atoms. The summed E-state index contributed by atoms with van der Waals surface area (Å²) < 4.78 is 5.13. The van der Waals surface area contributed by atoms with Crippen LogP contribution in [0.5, 0.6) is 0 Å². The molecule has 1 aromatic heterocycles. The first kappa shape index (κ1) is 12.0. The highest BCUT2D eigenvalue weighted by molar-refractivity contribution is 6.34. The fourth-order valence-electron chi connectivity index (χ4n) is 0.919. The quantitative estimate of drug-likeness (QED) is 0.378. The molecule has 0 atom stereocenters. The van der Waals surface area contributed by atoms with Crippen molar-refractivity contribution in [3.05, 3.63) is 10.4 Å². The second kappa shape index (κ2) is 5.14. The molecule has 5 nitrogen and oxygen atoms in total. The first-order valence-corrected chi connectivity index (χ1v) is 4.96. The lowest BCUT2D eigenvalue weighted by Crippen LogP contribution is -2.00. The molecule has 0 aromatic carbocycles. The molecule has 0 amide bonds. The Kier molecular flexibility index (Phi) is 4.11. The lowest BCUT2D eigenvalue weighted by Gasteiger charge is -2.04. The molecular weight excluding hydrogens is 239 g/mol. The molecule has 2 N–H and O–H groups in total. The number of nitrogens with zero attached hydrogens (tertiary/aromatic N) is 3. The van der Waals surface area contributed by atoms with Crippen LogP contribution in [0.15, 0.2) is 4.99 Å². The molecule has 1 heterocycles. The smallest absolute Gasteiger partial charge is 0.225 e. The topological polar surface area (TPSA) is 73.4 Å². The number of aromatic nitrogens is 2. The van der Waals surface area contributed by atoms with Crippen LogP contribution >= 0.6 is 23.2 Å². The fraction of sp³-hybridized carbons (Fsp3) is 0.375. The maximum atomic E-state index is 5.80. The second-order valence-electron chi connectivity index (χ2n) is 2.58. The Hall–Kier alpha value is -1.07. The van der Waals surface area contributed by atoms with Gasteiger partial charge >= 0.3 is 0 Å². The molecule has 0 fully saturated rings. The highest BCUT2D eigenvalue weighted by atomic mass is 35.5. The maximum Gasteiger partial charge on any atom is 0.225 e. The molecular formula is C8H10Cl2N4O. The van der Waals surface area contributed by atoms with Crippen LogP contribution in [0.25, 0.3) is 0 Å². The summed E-state index contributed by atoms with van der Waals surface area (Å²) in [6.45, 7) is 4.05. The van der Waals surface area contributed by atoms with E-state index in [1.807, 2.05) is 6.92 Å². The number of anilines is 1. The van der Waals surface area contributed by atoms with E-state index in [0.29, 0.717) is 12.5 Å². The van der Waals surface area contributed by atoms with Crippen LogP contribution in [0, 0.1) is 0 Å². The van der Waals surface area contributed by atoms with E-state index < -0.39 is 0 Å². The van der Waals surface area contributed by atoms with Gasteiger partial charge in [0.25, 0.3) is 0 Å². The minimum Gasteiger partial charge on any atom is -0.481 e. The predicted molar refractivity (Wildman–Crippen MR) is 60.9 cm³/mol. The van der Waals surface area contributed by atoms with Gasteiger partial charge in [-0.25, -0.2) is 9.98 Å². The fourth-order valence-corrected chi connectivity index (χ4v) is 1.36. The molecule has 7 heteroatoms. The molecule has 0 radical (unpaired) electrons. The van der Waals surface area contributed by atoms with Crippen LogP contribution in [-0.4, -0.2) is 22.5 Å². The average molecular weight is 249 g/mol. The third kappa shape index (κ3) is 3.21. The van der Waals surface area contributed by atoms with Gasteiger partial charge in [0.1, 0.15) is 5.69 Å². The number of ether oxygens (including phenoxy) is 1. The summed E-state index contributed by atoms with van der Waals surface area (Å²) >= 11 is 11.4. The van der Waals surface area contributed by atoms with E-state index in [4.69, 9.17) is 33.7 Å².